The van der Waals surface area contributed by atoms with Crippen molar-refractivity contribution in [2.45, 2.75) is 44.6 Å². The molecule has 9 nitrogen and oxygen atoms in total. The number of carbonyl (C=O) groups is 2. The third kappa shape index (κ3) is 2.93. The lowest BCUT2D eigenvalue weighted by atomic mass is 9.83. The van der Waals surface area contributed by atoms with Crippen molar-refractivity contribution in [2.75, 3.05) is 6.61 Å². The molecular formula is C24H19ClFN3O6. The zero-order valence-electron chi connectivity index (χ0n) is 18.4. The number of rotatable bonds is 2. The van der Waals surface area contributed by atoms with E-state index in [1.807, 2.05) is 0 Å². The number of esters is 1. The van der Waals surface area contributed by atoms with Gasteiger partial charge in [0.05, 0.1) is 40.1 Å². The van der Waals surface area contributed by atoms with Gasteiger partial charge in [-0.2, -0.15) is 0 Å². The summed E-state index contributed by atoms with van der Waals surface area (Å²) < 4.78 is 21.2. The molecule has 3 aliphatic rings. The molecule has 1 aromatic carbocycles. The summed E-state index contributed by atoms with van der Waals surface area (Å²) in [5.41, 5.74) is 0.814. The zero-order valence-corrected chi connectivity index (χ0v) is 19.2. The van der Waals surface area contributed by atoms with Gasteiger partial charge in [-0.3, -0.25) is 9.59 Å². The van der Waals surface area contributed by atoms with Gasteiger partial charge in [0, 0.05) is 22.6 Å². The van der Waals surface area contributed by atoms with E-state index in [1.54, 1.807) is 6.07 Å². The van der Waals surface area contributed by atoms with Crippen molar-refractivity contribution in [1.29, 1.82) is 0 Å². The number of aliphatic hydroxyl groups is 2. The van der Waals surface area contributed by atoms with Crippen LogP contribution in [0.25, 0.3) is 22.3 Å². The molecule has 6 rings (SSSR count). The summed E-state index contributed by atoms with van der Waals surface area (Å²) in [6.07, 6.45) is 0.798. The van der Waals surface area contributed by atoms with Gasteiger partial charge in [-0.25, -0.2) is 14.2 Å². The molecule has 0 saturated heterocycles. The molecular weight excluding hydrogens is 481 g/mol. The number of cyclic esters (lactones) is 1. The van der Waals surface area contributed by atoms with Crippen molar-refractivity contribution >= 4 is 34.4 Å². The number of hydrogen-bond donors (Lipinski definition) is 3. The molecule has 0 saturated carbocycles. The number of aromatic nitrogens is 2. The van der Waals surface area contributed by atoms with Crippen LogP contribution in [0.4, 0.5) is 4.39 Å². The number of pyridine rings is 2. The maximum absolute atomic E-state index is 14.7. The summed E-state index contributed by atoms with van der Waals surface area (Å²) in [4.78, 5) is 42.4. The van der Waals surface area contributed by atoms with Gasteiger partial charge in [0.2, 0.25) is 5.91 Å². The van der Waals surface area contributed by atoms with Crippen LogP contribution >= 0.6 is 11.6 Å². The molecule has 4 heterocycles. The number of nitrogens with one attached hydrogen (secondary N) is 1. The average molecular weight is 500 g/mol. The first kappa shape index (κ1) is 22.1. The largest absolute Gasteiger partial charge is 0.458 e. The molecule has 2 aromatic heterocycles. The average Bonchev–Trinajstić information content (AvgIpc) is 3.19. The number of benzene rings is 1. The number of aryl methyl sites for hydroxylation is 1. The van der Waals surface area contributed by atoms with Crippen molar-refractivity contribution in [3.63, 3.8) is 0 Å². The van der Waals surface area contributed by atoms with Crippen molar-refractivity contribution in [2.24, 2.45) is 0 Å². The second-order valence-corrected chi connectivity index (χ2v) is 9.55. The smallest absolute Gasteiger partial charge is 0.342 e. The highest BCUT2D eigenvalue weighted by Crippen LogP contribution is 2.46. The molecule has 3 N–H and O–H groups in total. The summed E-state index contributed by atoms with van der Waals surface area (Å²) in [5, 5.41) is 23.5. The van der Waals surface area contributed by atoms with Gasteiger partial charge in [-0.05, 0) is 37.0 Å². The molecule has 0 radical (unpaired) electrons. The Morgan fingerprint density at radius 3 is 2.86 bits per heavy atom. The van der Waals surface area contributed by atoms with E-state index in [4.69, 9.17) is 16.3 Å². The standard InChI is InChI=1S/C24H19ClFN3O6/c1-24(34)12-4-16-21-10(6-29(16)22(32)11(12)8-35-23(24)33)19-14(27-17(31)7-30)3-2-9-18(19)15(28-21)5-13(26)20(9)25/h4-5,14,30,34H,2-3,6-8H2,1H3,(H,27,31)/t14-,24-/m0/s1. The molecule has 35 heavy (non-hydrogen) atoms. The van der Waals surface area contributed by atoms with Crippen LogP contribution in [0, 0.1) is 5.82 Å². The van der Waals surface area contributed by atoms with Gasteiger partial charge in [0.1, 0.15) is 19.0 Å². The van der Waals surface area contributed by atoms with Gasteiger partial charge in [-0.1, -0.05) is 11.6 Å². The summed E-state index contributed by atoms with van der Waals surface area (Å²) in [6, 6.07) is 2.25. The number of aliphatic hydroxyl groups excluding tert-OH is 1. The number of ether oxygens (including phenoxy) is 1. The van der Waals surface area contributed by atoms with E-state index in [1.165, 1.54) is 17.6 Å². The monoisotopic (exact) mass is 499 g/mol. The van der Waals surface area contributed by atoms with E-state index in [9.17, 15) is 29.0 Å². The van der Waals surface area contributed by atoms with Crippen molar-refractivity contribution in [3.8, 4) is 11.4 Å². The van der Waals surface area contributed by atoms with E-state index in [2.05, 4.69) is 10.3 Å². The Morgan fingerprint density at radius 1 is 1.34 bits per heavy atom. The van der Waals surface area contributed by atoms with Crippen LogP contribution in [0.3, 0.4) is 0 Å². The number of amides is 1. The van der Waals surface area contributed by atoms with Gasteiger partial charge in [0.25, 0.3) is 5.56 Å². The minimum atomic E-state index is -2.01. The Balaban J connectivity index is 1.67. The van der Waals surface area contributed by atoms with Gasteiger partial charge < -0.3 is 24.8 Å². The lowest BCUT2D eigenvalue weighted by Gasteiger charge is -2.29. The Morgan fingerprint density at radius 2 is 2.11 bits per heavy atom. The minimum absolute atomic E-state index is 0.0118. The topological polar surface area (TPSA) is 131 Å². The molecule has 0 spiro atoms. The van der Waals surface area contributed by atoms with Crippen LogP contribution in [-0.4, -0.2) is 38.2 Å². The number of fused-ring (bicyclic) bond motifs is 5. The maximum atomic E-state index is 14.7. The first-order valence-corrected chi connectivity index (χ1v) is 11.4. The molecule has 2 atom stereocenters. The number of carbonyl (C=O) groups excluding carboxylic acids is 2. The highest BCUT2D eigenvalue weighted by atomic mass is 35.5. The Labute approximate surface area is 202 Å². The molecule has 11 heteroatoms. The van der Waals surface area contributed by atoms with E-state index in [0.29, 0.717) is 51.8 Å². The zero-order chi connectivity index (χ0) is 24.8. The quantitative estimate of drug-likeness (QED) is 0.357. The van der Waals surface area contributed by atoms with E-state index >= 15 is 0 Å². The maximum Gasteiger partial charge on any atom is 0.342 e. The first-order valence-electron chi connectivity index (χ1n) is 11.0. The second kappa shape index (κ2) is 7.33. The fourth-order valence-corrected chi connectivity index (χ4v) is 5.73. The van der Waals surface area contributed by atoms with Gasteiger partial charge in [0.15, 0.2) is 5.60 Å². The molecule has 1 aliphatic carbocycles. The summed E-state index contributed by atoms with van der Waals surface area (Å²) >= 11 is 6.30. The van der Waals surface area contributed by atoms with E-state index in [-0.39, 0.29) is 29.3 Å². The van der Waals surface area contributed by atoms with Gasteiger partial charge >= 0.3 is 5.97 Å². The molecule has 180 valence electrons. The van der Waals surface area contributed by atoms with Crippen LogP contribution in [-0.2, 0) is 39.5 Å². The Kier molecular flexibility index (Phi) is 4.64. The predicted molar refractivity (Wildman–Crippen MR) is 121 cm³/mol. The normalized spacial score (nSPS) is 21.9. The van der Waals surface area contributed by atoms with Crippen molar-refractivity contribution in [3.05, 3.63) is 61.1 Å². The second-order valence-electron chi connectivity index (χ2n) is 9.18. The summed E-state index contributed by atoms with van der Waals surface area (Å²) in [7, 11) is 0. The highest BCUT2D eigenvalue weighted by Gasteiger charge is 2.43. The fourth-order valence-electron chi connectivity index (χ4n) is 5.49. The van der Waals surface area contributed by atoms with Crippen molar-refractivity contribution in [1.82, 2.24) is 14.9 Å². The van der Waals surface area contributed by atoms with E-state index in [0.717, 1.165) is 0 Å². The SMILES string of the molecule is C[C@@]1(O)C(=O)OCc2c1cc1n(c2=O)Cc2c-1nc1cc(F)c(Cl)c3c1c2[C@@H](NC(=O)CO)CC3. The fraction of sp³-hybridized carbons (Fsp3) is 0.333. The lowest BCUT2D eigenvalue weighted by Crippen LogP contribution is -2.42. The molecule has 3 aromatic rings. The number of hydrogen-bond acceptors (Lipinski definition) is 7. The minimum Gasteiger partial charge on any atom is -0.458 e. The molecule has 0 unspecified atom stereocenters. The summed E-state index contributed by atoms with van der Waals surface area (Å²) in [5.74, 6) is -2.06. The molecule has 1 amide bonds. The summed E-state index contributed by atoms with van der Waals surface area (Å²) in [6.45, 7) is 0.425. The van der Waals surface area contributed by atoms with Crippen LogP contribution < -0.4 is 10.9 Å². The predicted octanol–water partition coefficient (Wildman–Crippen LogP) is 1.58. The molecule has 0 bridgehead atoms. The van der Waals surface area contributed by atoms with Crippen LogP contribution in [0.15, 0.2) is 16.9 Å². The lowest BCUT2D eigenvalue weighted by molar-refractivity contribution is -0.169. The third-order valence-electron chi connectivity index (χ3n) is 7.15. The number of halogens is 2. The van der Waals surface area contributed by atoms with Crippen molar-refractivity contribution < 1.29 is 28.9 Å². The van der Waals surface area contributed by atoms with Crippen LogP contribution in [0.2, 0.25) is 5.02 Å². The first-order chi connectivity index (χ1) is 16.6. The highest BCUT2D eigenvalue weighted by molar-refractivity contribution is 6.32. The molecule has 2 aliphatic heterocycles. The van der Waals surface area contributed by atoms with Crippen LogP contribution in [0.5, 0.6) is 0 Å². The number of nitrogens with zero attached hydrogens (tertiary/aromatic N) is 2. The van der Waals surface area contributed by atoms with Crippen LogP contribution in [0.1, 0.15) is 47.2 Å². The Hall–Kier alpha value is -3.34. The molecule has 0 fully saturated rings. The third-order valence-corrected chi connectivity index (χ3v) is 7.56. The Bertz CT molecular complexity index is 1560. The van der Waals surface area contributed by atoms with E-state index < -0.39 is 41.5 Å². The van der Waals surface area contributed by atoms with Gasteiger partial charge in [-0.15, -0.1) is 0 Å².